The minimum Gasteiger partial charge on any atom is -0.508 e. The van der Waals surface area contributed by atoms with Crippen LogP contribution in [0.25, 0.3) is 9.75 Å². The maximum Gasteiger partial charge on any atom is 0.187 e. The van der Waals surface area contributed by atoms with E-state index >= 15 is 0 Å². The molecule has 2 aromatic heterocycles. The normalized spacial score (nSPS) is 10.7. The third-order valence-corrected chi connectivity index (χ3v) is 4.92. The first-order valence-corrected chi connectivity index (χ1v) is 7.71. The van der Waals surface area contributed by atoms with Crippen molar-refractivity contribution in [2.24, 2.45) is 0 Å². The lowest BCUT2D eigenvalue weighted by Crippen LogP contribution is -1.87. The Bertz CT molecular complexity index is 731. The van der Waals surface area contributed by atoms with E-state index in [4.69, 9.17) is 0 Å². The van der Waals surface area contributed by atoms with E-state index < -0.39 is 0 Å². The Morgan fingerprint density at radius 2 is 1.85 bits per heavy atom. The number of thiazole rings is 2. The molecule has 0 amide bonds. The number of rotatable bonds is 3. The van der Waals surface area contributed by atoms with Gasteiger partial charge in [0.15, 0.2) is 5.13 Å². The minimum atomic E-state index is 0.256. The smallest absolute Gasteiger partial charge is 0.187 e. The van der Waals surface area contributed by atoms with E-state index in [2.05, 4.69) is 15.3 Å². The molecule has 0 unspecified atom stereocenters. The number of aromatic nitrogens is 2. The molecule has 0 spiro atoms. The second kappa shape index (κ2) is 5.22. The quantitative estimate of drug-likeness (QED) is 0.707. The number of nitrogens with zero attached hydrogens (tertiary/aromatic N) is 2. The Kier molecular flexibility index (Phi) is 3.42. The van der Waals surface area contributed by atoms with Crippen LogP contribution in [0.15, 0.2) is 30.5 Å². The molecule has 3 rings (SSSR count). The number of phenols is 1. The topological polar surface area (TPSA) is 58.0 Å². The average molecular weight is 303 g/mol. The lowest BCUT2D eigenvalue weighted by molar-refractivity contribution is 0.475. The van der Waals surface area contributed by atoms with E-state index in [1.165, 1.54) is 4.88 Å². The average Bonchev–Trinajstić information content (AvgIpc) is 2.99. The molecule has 0 saturated carbocycles. The Morgan fingerprint density at radius 1 is 1.10 bits per heavy atom. The van der Waals surface area contributed by atoms with Crippen LogP contribution in [0.4, 0.5) is 10.8 Å². The van der Waals surface area contributed by atoms with Crippen LogP contribution in [0.3, 0.4) is 0 Å². The molecule has 6 heteroatoms. The van der Waals surface area contributed by atoms with Gasteiger partial charge in [0.05, 0.1) is 20.5 Å². The van der Waals surface area contributed by atoms with Gasteiger partial charge in [0, 0.05) is 11.9 Å². The van der Waals surface area contributed by atoms with Crippen LogP contribution in [0.5, 0.6) is 5.75 Å². The van der Waals surface area contributed by atoms with Gasteiger partial charge in [-0.15, -0.1) is 11.3 Å². The van der Waals surface area contributed by atoms with Crippen LogP contribution in [0, 0.1) is 13.8 Å². The first-order chi connectivity index (χ1) is 9.61. The van der Waals surface area contributed by atoms with Crippen molar-refractivity contribution in [1.29, 1.82) is 0 Å². The van der Waals surface area contributed by atoms with Crippen molar-refractivity contribution in [3.8, 4) is 15.5 Å². The molecule has 0 fully saturated rings. The third kappa shape index (κ3) is 2.66. The van der Waals surface area contributed by atoms with Crippen molar-refractivity contribution < 1.29 is 5.11 Å². The summed E-state index contributed by atoms with van der Waals surface area (Å²) in [6, 6.07) is 6.93. The zero-order valence-electron chi connectivity index (χ0n) is 11.0. The first-order valence-electron chi connectivity index (χ1n) is 6.08. The molecule has 0 bridgehead atoms. The number of hydrogen-bond donors (Lipinski definition) is 2. The Morgan fingerprint density at radius 3 is 2.50 bits per heavy atom. The predicted octanol–water partition coefficient (Wildman–Crippen LogP) is 4.33. The molecule has 3 aromatic rings. The van der Waals surface area contributed by atoms with Crippen molar-refractivity contribution >= 4 is 33.5 Å². The number of aryl methyl sites for hydroxylation is 2. The van der Waals surface area contributed by atoms with Gasteiger partial charge in [-0.3, -0.25) is 0 Å². The molecule has 0 aliphatic carbocycles. The summed E-state index contributed by atoms with van der Waals surface area (Å²) in [7, 11) is 0. The molecule has 2 heterocycles. The summed E-state index contributed by atoms with van der Waals surface area (Å²) in [4.78, 5) is 11.1. The van der Waals surface area contributed by atoms with E-state index in [0.29, 0.717) is 0 Å². The van der Waals surface area contributed by atoms with Gasteiger partial charge >= 0.3 is 0 Å². The van der Waals surface area contributed by atoms with Crippen molar-refractivity contribution in [3.05, 3.63) is 41.2 Å². The maximum atomic E-state index is 9.26. The Hall–Kier alpha value is -1.92. The summed E-state index contributed by atoms with van der Waals surface area (Å²) in [5.41, 5.74) is 1.95. The van der Waals surface area contributed by atoms with E-state index in [9.17, 15) is 5.11 Å². The SMILES string of the molecule is Cc1nc(C)c(-c2cnc(Nc3ccc(O)cc3)s2)s1. The summed E-state index contributed by atoms with van der Waals surface area (Å²) in [6.45, 7) is 4.03. The summed E-state index contributed by atoms with van der Waals surface area (Å²) < 4.78 is 0. The Balaban J connectivity index is 1.83. The minimum absolute atomic E-state index is 0.256. The second-order valence-electron chi connectivity index (χ2n) is 4.35. The molecular formula is C14H13N3OS2. The third-order valence-electron chi connectivity index (χ3n) is 2.75. The van der Waals surface area contributed by atoms with Crippen LogP contribution >= 0.6 is 22.7 Å². The summed E-state index contributed by atoms with van der Waals surface area (Å²) in [6.07, 6.45) is 1.87. The van der Waals surface area contributed by atoms with Crippen LogP contribution in [0.1, 0.15) is 10.7 Å². The lowest BCUT2D eigenvalue weighted by Gasteiger charge is -2.01. The zero-order chi connectivity index (χ0) is 14.1. The maximum absolute atomic E-state index is 9.26. The number of phenolic OH excluding ortho intramolecular Hbond substituents is 1. The fourth-order valence-electron chi connectivity index (χ4n) is 1.87. The molecule has 102 valence electrons. The Labute approximate surface area is 124 Å². The van der Waals surface area contributed by atoms with Gasteiger partial charge in [-0.1, -0.05) is 11.3 Å². The number of nitrogens with one attached hydrogen (secondary N) is 1. The molecule has 0 aliphatic rings. The molecule has 1 aromatic carbocycles. The van der Waals surface area contributed by atoms with Gasteiger partial charge < -0.3 is 10.4 Å². The predicted molar refractivity (Wildman–Crippen MR) is 84.1 cm³/mol. The number of anilines is 2. The van der Waals surface area contributed by atoms with Gasteiger partial charge in [-0.25, -0.2) is 9.97 Å². The zero-order valence-corrected chi connectivity index (χ0v) is 12.7. The van der Waals surface area contributed by atoms with Gasteiger partial charge in [0.1, 0.15) is 5.75 Å². The monoisotopic (exact) mass is 303 g/mol. The summed E-state index contributed by atoms with van der Waals surface area (Å²) in [5.74, 6) is 0.256. The van der Waals surface area contributed by atoms with Crippen LogP contribution < -0.4 is 5.32 Å². The van der Waals surface area contributed by atoms with Crippen LogP contribution in [0.2, 0.25) is 0 Å². The van der Waals surface area contributed by atoms with E-state index in [0.717, 1.165) is 26.4 Å². The fraction of sp³-hybridized carbons (Fsp3) is 0.143. The highest BCUT2D eigenvalue weighted by Gasteiger charge is 2.11. The van der Waals surface area contributed by atoms with Crippen LogP contribution in [-0.2, 0) is 0 Å². The first kappa shape index (κ1) is 13.1. The molecule has 0 aliphatic heterocycles. The molecular weight excluding hydrogens is 290 g/mol. The number of aromatic hydroxyl groups is 1. The molecule has 0 atom stereocenters. The number of hydrogen-bond acceptors (Lipinski definition) is 6. The molecule has 0 radical (unpaired) electrons. The van der Waals surface area contributed by atoms with E-state index in [-0.39, 0.29) is 5.75 Å². The molecule has 4 nitrogen and oxygen atoms in total. The highest BCUT2D eigenvalue weighted by molar-refractivity contribution is 7.23. The fourth-order valence-corrected chi connectivity index (χ4v) is 3.77. The summed E-state index contributed by atoms with van der Waals surface area (Å²) >= 11 is 3.29. The largest absolute Gasteiger partial charge is 0.508 e. The summed E-state index contributed by atoms with van der Waals surface area (Å²) in [5, 5.41) is 14.4. The molecule has 0 saturated heterocycles. The van der Waals surface area contributed by atoms with Crippen molar-refractivity contribution in [1.82, 2.24) is 9.97 Å². The van der Waals surface area contributed by atoms with Crippen molar-refractivity contribution in [3.63, 3.8) is 0 Å². The van der Waals surface area contributed by atoms with E-state index in [1.54, 1.807) is 34.8 Å². The van der Waals surface area contributed by atoms with Crippen LogP contribution in [-0.4, -0.2) is 15.1 Å². The highest BCUT2D eigenvalue weighted by Crippen LogP contribution is 2.36. The van der Waals surface area contributed by atoms with Crippen molar-refractivity contribution in [2.75, 3.05) is 5.32 Å². The van der Waals surface area contributed by atoms with E-state index in [1.807, 2.05) is 32.2 Å². The standard InChI is InChI=1S/C14H13N3OS2/c1-8-13(19-9(2)16-8)12-7-15-14(20-12)17-10-3-5-11(18)6-4-10/h3-7,18H,1-2H3,(H,15,17). The van der Waals surface area contributed by atoms with Gasteiger partial charge in [0.25, 0.3) is 0 Å². The van der Waals surface area contributed by atoms with Gasteiger partial charge in [-0.05, 0) is 38.1 Å². The van der Waals surface area contributed by atoms with Gasteiger partial charge in [0.2, 0.25) is 0 Å². The highest BCUT2D eigenvalue weighted by atomic mass is 32.1. The number of benzene rings is 1. The second-order valence-corrected chi connectivity index (χ2v) is 6.58. The van der Waals surface area contributed by atoms with Gasteiger partial charge in [-0.2, -0.15) is 0 Å². The molecule has 2 N–H and O–H groups in total. The lowest BCUT2D eigenvalue weighted by atomic mass is 10.3. The van der Waals surface area contributed by atoms with Crippen molar-refractivity contribution in [2.45, 2.75) is 13.8 Å². The molecule has 20 heavy (non-hydrogen) atoms.